The zero-order valence-corrected chi connectivity index (χ0v) is 7.44. The fourth-order valence-electron chi connectivity index (χ4n) is 0.843. The van der Waals surface area contributed by atoms with Crippen LogP contribution in [0.15, 0.2) is 26.5 Å². The highest BCUT2D eigenvalue weighted by molar-refractivity contribution is 6.34. The summed E-state index contributed by atoms with van der Waals surface area (Å²) in [6.45, 7) is -0.172. The molecule has 1 aliphatic rings. The van der Waals surface area contributed by atoms with Crippen LogP contribution in [0.1, 0.15) is 6.42 Å². The van der Waals surface area contributed by atoms with E-state index in [-0.39, 0.29) is 6.61 Å². The Labute approximate surface area is 78.2 Å². The van der Waals surface area contributed by atoms with E-state index >= 15 is 0 Å². The van der Waals surface area contributed by atoms with Gasteiger partial charge in [0.1, 0.15) is 20.3 Å². The molecule has 4 nitrogen and oxygen atoms in total. The Morgan fingerprint density at radius 2 is 2.54 bits per heavy atom. The van der Waals surface area contributed by atoms with Gasteiger partial charge in [0.15, 0.2) is 5.84 Å². The quantitative estimate of drug-likeness (QED) is 0.338. The van der Waals surface area contributed by atoms with Gasteiger partial charge in [-0.1, -0.05) is 11.5 Å². The Hall–Kier alpha value is -1.23. The van der Waals surface area contributed by atoms with Crippen LogP contribution in [0.25, 0.3) is 0 Å². The lowest BCUT2D eigenvalue weighted by atomic mass is 9.94. The molecule has 0 amide bonds. The van der Waals surface area contributed by atoms with Gasteiger partial charge < -0.3 is 5.11 Å². The third-order valence-electron chi connectivity index (χ3n) is 1.54. The number of hydrogen-bond acceptors (Lipinski definition) is 2. The van der Waals surface area contributed by atoms with Crippen molar-refractivity contribution in [3.8, 4) is 0 Å². The third-order valence-corrected chi connectivity index (χ3v) is 1.54. The summed E-state index contributed by atoms with van der Waals surface area (Å²) in [7, 11) is 7.05. The van der Waals surface area contributed by atoms with Crippen molar-refractivity contribution in [3.05, 3.63) is 11.5 Å². The second-order valence-electron chi connectivity index (χ2n) is 2.49. The number of nitrogens with zero attached hydrogens (tertiary/aromatic N) is 3. The van der Waals surface area contributed by atoms with E-state index < -0.39 is 0 Å². The molecular formula is C8H10BN3O. The second kappa shape index (κ2) is 4.72. The molecule has 0 aromatic heterocycles. The van der Waals surface area contributed by atoms with Gasteiger partial charge in [-0.25, -0.2) is 9.98 Å². The maximum Gasteiger partial charge on any atom is 0.150 e. The minimum absolute atomic E-state index is 0.172. The molecule has 13 heavy (non-hydrogen) atoms. The average molecular weight is 175 g/mol. The number of amidine groups is 2. The smallest absolute Gasteiger partial charge is 0.150 e. The van der Waals surface area contributed by atoms with E-state index in [9.17, 15) is 0 Å². The van der Waals surface area contributed by atoms with Crippen LogP contribution >= 0.6 is 0 Å². The highest BCUT2D eigenvalue weighted by atomic mass is 16.3. The Morgan fingerprint density at radius 1 is 1.77 bits per heavy atom. The van der Waals surface area contributed by atoms with E-state index in [1.54, 1.807) is 7.05 Å². The van der Waals surface area contributed by atoms with Crippen LogP contribution in [0.4, 0.5) is 0 Å². The van der Waals surface area contributed by atoms with E-state index in [4.69, 9.17) is 13.0 Å². The number of aliphatic hydroxyl groups excluding tert-OH is 1. The van der Waals surface area contributed by atoms with Crippen molar-refractivity contribution < 1.29 is 5.11 Å². The number of rotatable bonds is 1. The van der Waals surface area contributed by atoms with Crippen LogP contribution < -0.4 is 0 Å². The van der Waals surface area contributed by atoms with Crippen LogP contribution in [-0.2, 0) is 0 Å². The summed E-state index contributed by atoms with van der Waals surface area (Å²) < 4.78 is 0. The lowest BCUT2D eigenvalue weighted by Crippen LogP contribution is -2.08. The van der Waals surface area contributed by atoms with Gasteiger partial charge in [-0.15, -0.1) is 0 Å². The molecule has 2 radical (unpaired) electrons. The molecule has 1 N–H and O–H groups in total. The van der Waals surface area contributed by atoms with Crippen LogP contribution in [-0.4, -0.2) is 44.5 Å². The fraction of sp³-hybridized carbons (Fsp3) is 0.375. The largest absolute Gasteiger partial charge is 0.388 e. The van der Waals surface area contributed by atoms with Crippen molar-refractivity contribution in [2.75, 3.05) is 13.7 Å². The standard InChI is InChI=1S/C8H10BN3O/c1-10-8(5-13)12-7-3-2-6(9)4-11-7/h2,4,13H,3,5H2,1H3. The van der Waals surface area contributed by atoms with Crippen molar-refractivity contribution >= 4 is 25.7 Å². The third kappa shape index (κ3) is 2.95. The molecule has 0 saturated carbocycles. The normalized spacial score (nSPS) is 20.6. The summed E-state index contributed by atoms with van der Waals surface area (Å²) in [5, 5.41) is 8.78. The molecule has 0 unspecified atom stereocenters. The highest BCUT2D eigenvalue weighted by Crippen LogP contribution is 2.01. The van der Waals surface area contributed by atoms with Crippen molar-refractivity contribution in [1.29, 1.82) is 0 Å². The topological polar surface area (TPSA) is 57.3 Å². The van der Waals surface area contributed by atoms with E-state index in [2.05, 4.69) is 15.0 Å². The predicted octanol–water partition coefficient (Wildman–Crippen LogP) is -0.0676. The zero-order valence-electron chi connectivity index (χ0n) is 7.44. The summed E-state index contributed by atoms with van der Waals surface area (Å²) in [5.41, 5.74) is 0.637. The van der Waals surface area contributed by atoms with Gasteiger partial charge in [-0.3, -0.25) is 4.99 Å². The summed E-state index contributed by atoms with van der Waals surface area (Å²) >= 11 is 0. The summed E-state index contributed by atoms with van der Waals surface area (Å²) in [4.78, 5) is 11.8. The van der Waals surface area contributed by atoms with Crippen molar-refractivity contribution in [3.63, 3.8) is 0 Å². The molecule has 66 valence electrons. The molecule has 0 atom stereocenters. The Balaban J connectivity index is 2.71. The van der Waals surface area contributed by atoms with Crippen LogP contribution in [0.2, 0.25) is 0 Å². The highest BCUT2D eigenvalue weighted by Gasteiger charge is 2.01. The van der Waals surface area contributed by atoms with Crippen molar-refractivity contribution in [2.24, 2.45) is 15.0 Å². The van der Waals surface area contributed by atoms with Crippen molar-refractivity contribution in [1.82, 2.24) is 0 Å². The van der Waals surface area contributed by atoms with Crippen LogP contribution in [0.3, 0.4) is 0 Å². The number of hydrogen-bond donors (Lipinski definition) is 1. The van der Waals surface area contributed by atoms with Gasteiger partial charge in [0, 0.05) is 19.7 Å². The lowest BCUT2D eigenvalue weighted by Gasteiger charge is -2.04. The first-order valence-corrected chi connectivity index (χ1v) is 3.90. The molecule has 0 spiro atoms. The Kier molecular flexibility index (Phi) is 3.58. The molecule has 0 saturated heterocycles. The predicted molar refractivity (Wildman–Crippen MR) is 54.8 cm³/mol. The van der Waals surface area contributed by atoms with E-state index in [0.29, 0.717) is 23.6 Å². The first-order chi connectivity index (χ1) is 6.26. The average Bonchev–Trinajstić information content (AvgIpc) is 2.17. The first-order valence-electron chi connectivity index (χ1n) is 3.90. The number of aliphatic imine (C=N–C) groups is 3. The van der Waals surface area contributed by atoms with Crippen LogP contribution in [0, 0.1) is 0 Å². The molecule has 0 aromatic carbocycles. The van der Waals surface area contributed by atoms with Gasteiger partial charge in [0.25, 0.3) is 0 Å². The molecule has 0 aromatic rings. The van der Waals surface area contributed by atoms with Gasteiger partial charge in [0.05, 0.1) is 0 Å². The molecular weight excluding hydrogens is 165 g/mol. The van der Waals surface area contributed by atoms with E-state index in [0.717, 1.165) is 0 Å². The van der Waals surface area contributed by atoms with Gasteiger partial charge in [-0.2, -0.15) is 0 Å². The number of allylic oxidation sites excluding steroid dienone is 1. The fourth-order valence-corrected chi connectivity index (χ4v) is 0.843. The SMILES string of the molecule is [B]C1=CCC(=NC(CO)=NC)N=C1. The van der Waals surface area contributed by atoms with Gasteiger partial charge in [-0.05, 0) is 0 Å². The summed E-state index contributed by atoms with van der Waals surface area (Å²) in [6.07, 6.45) is 3.94. The zero-order chi connectivity index (χ0) is 9.68. The maximum atomic E-state index is 8.78. The van der Waals surface area contributed by atoms with Crippen LogP contribution in [0.5, 0.6) is 0 Å². The summed E-state index contributed by atoms with van der Waals surface area (Å²) in [6, 6.07) is 0. The van der Waals surface area contributed by atoms with Gasteiger partial charge >= 0.3 is 0 Å². The van der Waals surface area contributed by atoms with Crippen molar-refractivity contribution in [2.45, 2.75) is 6.42 Å². The molecule has 0 fully saturated rings. The molecule has 1 rings (SSSR count). The second-order valence-corrected chi connectivity index (χ2v) is 2.49. The first kappa shape index (κ1) is 9.86. The lowest BCUT2D eigenvalue weighted by molar-refractivity contribution is 0.356. The molecule has 5 heteroatoms. The molecule has 1 aliphatic heterocycles. The minimum Gasteiger partial charge on any atom is -0.388 e. The minimum atomic E-state index is -0.172. The summed E-state index contributed by atoms with van der Waals surface area (Å²) in [5.74, 6) is 0.991. The van der Waals surface area contributed by atoms with Gasteiger partial charge in [0.2, 0.25) is 0 Å². The monoisotopic (exact) mass is 175 g/mol. The number of aliphatic hydroxyl groups is 1. The molecule has 0 aliphatic carbocycles. The molecule has 1 heterocycles. The Bertz CT molecular complexity index is 305. The maximum absolute atomic E-state index is 8.78. The van der Waals surface area contributed by atoms with E-state index in [1.807, 2.05) is 6.08 Å². The number of dihydropyridines is 1. The molecule has 0 bridgehead atoms. The van der Waals surface area contributed by atoms with E-state index in [1.165, 1.54) is 6.21 Å². The Morgan fingerprint density at radius 3 is 3.00 bits per heavy atom.